The van der Waals surface area contributed by atoms with Gasteiger partial charge in [-0.3, -0.25) is 5.43 Å². The second-order valence-corrected chi connectivity index (χ2v) is 5.78. The second kappa shape index (κ2) is 7.59. The van der Waals surface area contributed by atoms with E-state index in [0.29, 0.717) is 5.84 Å². The van der Waals surface area contributed by atoms with Gasteiger partial charge in [-0.1, -0.05) is 31.8 Å². The zero-order chi connectivity index (χ0) is 13.4. The summed E-state index contributed by atoms with van der Waals surface area (Å²) in [6.07, 6.45) is 7.15. The van der Waals surface area contributed by atoms with Crippen molar-refractivity contribution in [1.29, 1.82) is 0 Å². The molecule has 1 heterocycles. The summed E-state index contributed by atoms with van der Waals surface area (Å²) in [7, 11) is 0. The fourth-order valence-corrected chi connectivity index (χ4v) is 2.24. The van der Waals surface area contributed by atoms with Crippen LogP contribution in [0.1, 0.15) is 52.4 Å². The average molecular weight is 256 g/mol. The minimum absolute atomic E-state index is 0.208. The van der Waals surface area contributed by atoms with E-state index in [9.17, 15) is 0 Å². The predicted octanol–water partition coefficient (Wildman–Crippen LogP) is 1.92. The van der Waals surface area contributed by atoms with Crippen LogP contribution in [0.2, 0.25) is 0 Å². The first-order chi connectivity index (χ1) is 8.56. The van der Waals surface area contributed by atoms with Crippen molar-refractivity contribution < 1.29 is 5.21 Å². The molecule has 0 bridgehead atoms. The van der Waals surface area contributed by atoms with Gasteiger partial charge in [-0.2, -0.15) is 0 Å². The Hall–Kier alpha value is -0.810. The molecule has 1 aliphatic heterocycles. The Bertz CT molecular complexity index is 260. The van der Waals surface area contributed by atoms with E-state index < -0.39 is 0 Å². The number of oxime groups is 1. The van der Waals surface area contributed by atoms with Gasteiger partial charge in [0.2, 0.25) is 0 Å². The lowest BCUT2D eigenvalue weighted by molar-refractivity contribution is 0.153. The SMILES string of the molecule is CC(C)(CCCCNN1CCCCC1)C(N)=NO. The lowest BCUT2D eigenvalue weighted by Crippen LogP contribution is -2.42. The largest absolute Gasteiger partial charge is 0.409 e. The highest BCUT2D eigenvalue weighted by Gasteiger charge is 2.22. The van der Waals surface area contributed by atoms with Crippen molar-refractivity contribution in [3.63, 3.8) is 0 Å². The molecule has 5 heteroatoms. The van der Waals surface area contributed by atoms with E-state index >= 15 is 0 Å². The molecule has 0 aromatic rings. The molecular formula is C13H28N4O. The lowest BCUT2D eigenvalue weighted by atomic mass is 9.86. The molecule has 0 aromatic carbocycles. The van der Waals surface area contributed by atoms with Gasteiger partial charge >= 0.3 is 0 Å². The Labute approximate surface area is 110 Å². The molecule has 1 fully saturated rings. The van der Waals surface area contributed by atoms with Crippen molar-refractivity contribution >= 4 is 5.84 Å². The van der Waals surface area contributed by atoms with Crippen molar-refractivity contribution in [2.24, 2.45) is 16.3 Å². The molecular weight excluding hydrogens is 228 g/mol. The molecule has 0 amide bonds. The van der Waals surface area contributed by atoms with Gasteiger partial charge in [0.1, 0.15) is 5.84 Å². The van der Waals surface area contributed by atoms with Gasteiger partial charge in [0.05, 0.1) is 0 Å². The topological polar surface area (TPSA) is 73.9 Å². The third kappa shape index (κ3) is 5.23. The third-order valence-corrected chi connectivity index (χ3v) is 3.72. The van der Waals surface area contributed by atoms with Crippen molar-refractivity contribution in [3.8, 4) is 0 Å². The molecule has 4 N–H and O–H groups in total. The summed E-state index contributed by atoms with van der Waals surface area (Å²) >= 11 is 0. The summed E-state index contributed by atoms with van der Waals surface area (Å²) in [4.78, 5) is 0. The number of hydrazine groups is 1. The first kappa shape index (κ1) is 15.2. The van der Waals surface area contributed by atoms with E-state index in [1.165, 1.54) is 32.4 Å². The Morgan fingerprint density at radius 1 is 1.28 bits per heavy atom. The Balaban J connectivity index is 2.07. The second-order valence-electron chi connectivity index (χ2n) is 5.78. The van der Waals surface area contributed by atoms with Crippen LogP contribution in [0.5, 0.6) is 0 Å². The monoisotopic (exact) mass is 256 g/mol. The number of hydrogen-bond acceptors (Lipinski definition) is 4. The van der Waals surface area contributed by atoms with E-state index in [2.05, 4.69) is 15.6 Å². The number of hydrogen-bond donors (Lipinski definition) is 3. The highest BCUT2D eigenvalue weighted by Crippen LogP contribution is 2.23. The first-order valence-electron chi connectivity index (χ1n) is 7.03. The highest BCUT2D eigenvalue weighted by molar-refractivity contribution is 5.85. The number of nitrogens with zero attached hydrogens (tertiary/aromatic N) is 2. The Kier molecular flexibility index (Phi) is 6.43. The normalized spacial score (nSPS) is 19.1. The zero-order valence-corrected chi connectivity index (χ0v) is 11.8. The van der Waals surface area contributed by atoms with Gasteiger partial charge in [-0.15, -0.1) is 0 Å². The number of piperidine rings is 1. The maximum Gasteiger partial charge on any atom is 0.144 e. The molecule has 106 valence electrons. The summed E-state index contributed by atoms with van der Waals surface area (Å²) in [5.74, 6) is 0.325. The van der Waals surface area contributed by atoms with Crippen molar-refractivity contribution in [2.75, 3.05) is 19.6 Å². The first-order valence-corrected chi connectivity index (χ1v) is 7.03. The molecule has 1 aliphatic rings. The molecule has 0 atom stereocenters. The van der Waals surface area contributed by atoms with Crippen LogP contribution >= 0.6 is 0 Å². The number of unbranched alkanes of at least 4 members (excludes halogenated alkanes) is 1. The van der Waals surface area contributed by atoms with Crippen LogP contribution in [0, 0.1) is 5.41 Å². The molecule has 0 saturated carbocycles. The van der Waals surface area contributed by atoms with E-state index in [4.69, 9.17) is 10.9 Å². The molecule has 0 aromatic heterocycles. The Morgan fingerprint density at radius 2 is 1.94 bits per heavy atom. The van der Waals surface area contributed by atoms with Crippen LogP contribution in [-0.4, -0.2) is 35.7 Å². The minimum Gasteiger partial charge on any atom is -0.409 e. The van der Waals surface area contributed by atoms with E-state index in [-0.39, 0.29) is 5.41 Å². The number of nitrogens with two attached hydrogens (primary N) is 1. The maximum atomic E-state index is 8.69. The summed E-state index contributed by atoms with van der Waals surface area (Å²) in [5.41, 5.74) is 8.92. The molecule has 0 aliphatic carbocycles. The molecule has 0 spiro atoms. The van der Waals surface area contributed by atoms with Crippen LogP contribution in [0.4, 0.5) is 0 Å². The summed E-state index contributed by atoms with van der Waals surface area (Å²) in [6.45, 7) is 7.40. The summed E-state index contributed by atoms with van der Waals surface area (Å²) in [6, 6.07) is 0. The van der Waals surface area contributed by atoms with Crippen LogP contribution in [0.15, 0.2) is 5.16 Å². The molecule has 0 radical (unpaired) electrons. The number of amidine groups is 1. The standard InChI is InChI=1S/C13H28N4O/c1-13(2,12(14)16-18)8-4-5-9-15-17-10-6-3-7-11-17/h15,18H,3-11H2,1-2H3,(H2,14,16). The maximum absolute atomic E-state index is 8.69. The quantitative estimate of drug-likeness (QED) is 0.214. The lowest BCUT2D eigenvalue weighted by Gasteiger charge is -2.27. The van der Waals surface area contributed by atoms with Crippen LogP contribution in [0.25, 0.3) is 0 Å². The zero-order valence-electron chi connectivity index (χ0n) is 11.8. The fourth-order valence-electron chi connectivity index (χ4n) is 2.24. The molecule has 5 nitrogen and oxygen atoms in total. The molecule has 1 saturated heterocycles. The van der Waals surface area contributed by atoms with Crippen molar-refractivity contribution in [1.82, 2.24) is 10.4 Å². The molecule has 0 unspecified atom stereocenters. The van der Waals surface area contributed by atoms with Crippen LogP contribution in [-0.2, 0) is 0 Å². The predicted molar refractivity (Wildman–Crippen MR) is 74.5 cm³/mol. The van der Waals surface area contributed by atoms with E-state index in [1.54, 1.807) is 0 Å². The van der Waals surface area contributed by atoms with Gasteiger partial charge in [-0.25, -0.2) is 5.01 Å². The number of nitrogens with one attached hydrogen (secondary N) is 1. The number of rotatable bonds is 7. The van der Waals surface area contributed by atoms with Gasteiger partial charge < -0.3 is 10.9 Å². The average Bonchev–Trinajstić information content (AvgIpc) is 2.38. The Morgan fingerprint density at radius 3 is 2.56 bits per heavy atom. The summed E-state index contributed by atoms with van der Waals surface area (Å²) in [5, 5.41) is 14.1. The highest BCUT2D eigenvalue weighted by atomic mass is 16.4. The molecule has 18 heavy (non-hydrogen) atoms. The van der Waals surface area contributed by atoms with E-state index in [0.717, 1.165) is 25.8 Å². The van der Waals surface area contributed by atoms with Crippen molar-refractivity contribution in [3.05, 3.63) is 0 Å². The van der Waals surface area contributed by atoms with E-state index in [1.807, 2.05) is 13.8 Å². The van der Waals surface area contributed by atoms with Crippen LogP contribution in [0.3, 0.4) is 0 Å². The van der Waals surface area contributed by atoms with Gasteiger partial charge in [0, 0.05) is 25.0 Å². The van der Waals surface area contributed by atoms with Gasteiger partial charge in [0.15, 0.2) is 0 Å². The smallest absolute Gasteiger partial charge is 0.144 e. The van der Waals surface area contributed by atoms with Gasteiger partial charge in [-0.05, 0) is 25.7 Å². The third-order valence-electron chi connectivity index (χ3n) is 3.72. The fraction of sp³-hybridized carbons (Fsp3) is 0.923. The molecule has 1 rings (SSSR count). The van der Waals surface area contributed by atoms with Crippen molar-refractivity contribution in [2.45, 2.75) is 52.4 Å². The van der Waals surface area contributed by atoms with Gasteiger partial charge in [0.25, 0.3) is 0 Å². The summed E-state index contributed by atoms with van der Waals surface area (Å²) < 4.78 is 0. The van der Waals surface area contributed by atoms with Crippen LogP contribution < -0.4 is 11.2 Å². The minimum atomic E-state index is -0.208.